The summed E-state index contributed by atoms with van der Waals surface area (Å²) >= 11 is 5.60. The molecular weight excluding hydrogens is 348 g/mol. The fourth-order valence-corrected chi connectivity index (χ4v) is 1.50. The molecule has 126 valence electrons. The third-order valence-corrected chi connectivity index (χ3v) is 2.50. The number of hydrogen-bond donors (Lipinski definition) is 2. The maximum Gasteiger partial charge on any atom is 0.405 e. The van der Waals surface area contributed by atoms with Gasteiger partial charge in [0.05, 0.1) is 10.6 Å². The van der Waals surface area contributed by atoms with Crippen LogP contribution in [-0.4, -0.2) is 37.2 Å². The molecule has 0 spiro atoms. The molecule has 0 fully saturated rings. The van der Waals surface area contributed by atoms with Crippen molar-refractivity contribution in [1.82, 2.24) is 10.6 Å². The van der Waals surface area contributed by atoms with Crippen LogP contribution in [0.4, 0.5) is 22.4 Å². The monoisotopic (exact) mass is 356 g/mol. The lowest BCUT2D eigenvalue weighted by molar-refractivity contribution is -0.125. The minimum atomic E-state index is -4.63. The fraction of sp³-hybridized carbons (Fsp3) is 0.250. The van der Waals surface area contributed by atoms with E-state index in [0.717, 1.165) is 18.2 Å². The molecule has 0 saturated carbocycles. The highest BCUT2D eigenvalue weighted by atomic mass is 35.5. The lowest BCUT2D eigenvalue weighted by Gasteiger charge is -2.09. The molecule has 0 aliphatic carbocycles. The molecule has 2 N–H and O–H groups in total. The Kier molecular flexibility index (Phi) is 6.31. The molecule has 0 saturated heterocycles. The summed E-state index contributed by atoms with van der Waals surface area (Å²) in [5.41, 5.74) is -0.220. The number of halogens is 5. The fourth-order valence-electron chi connectivity index (χ4n) is 1.25. The van der Waals surface area contributed by atoms with Gasteiger partial charge < -0.3 is 10.1 Å². The Labute approximate surface area is 131 Å². The number of urea groups is 1. The third kappa shape index (κ3) is 6.96. The average molecular weight is 357 g/mol. The van der Waals surface area contributed by atoms with Gasteiger partial charge in [-0.25, -0.2) is 14.0 Å². The zero-order valence-corrected chi connectivity index (χ0v) is 11.9. The zero-order valence-electron chi connectivity index (χ0n) is 11.2. The van der Waals surface area contributed by atoms with Gasteiger partial charge in [0, 0.05) is 0 Å². The van der Waals surface area contributed by atoms with Crippen LogP contribution in [0, 0.1) is 5.82 Å². The summed E-state index contributed by atoms with van der Waals surface area (Å²) in [6.07, 6.45) is -4.63. The van der Waals surface area contributed by atoms with Gasteiger partial charge in [0.25, 0.3) is 5.91 Å². The molecule has 6 nitrogen and oxygen atoms in total. The molecule has 0 aliphatic heterocycles. The Morgan fingerprint density at radius 3 is 2.43 bits per heavy atom. The Bertz CT molecular complexity index is 622. The molecule has 0 radical (unpaired) electrons. The molecule has 1 rings (SSSR count). The van der Waals surface area contributed by atoms with Gasteiger partial charge in [0.2, 0.25) is 0 Å². The molecule has 0 unspecified atom stereocenters. The molecular formula is C12H9ClF4N2O4. The van der Waals surface area contributed by atoms with Gasteiger partial charge in [-0.05, 0) is 18.2 Å². The van der Waals surface area contributed by atoms with Crippen molar-refractivity contribution < 1.29 is 36.7 Å². The number of benzene rings is 1. The summed E-state index contributed by atoms with van der Waals surface area (Å²) in [7, 11) is 0. The highest BCUT2D eigenvalue weighted by Crippen LogP contribution is 2.18. The highest BCUT2D eigenvalue weighted by molar-refractivity contribution is 6.33. The number of ether oxygens (including phenoxy) is 1. The summed E-state index contributed by atoms with van der Waals surface area (Å²) in [5.74, 6) is -2.91. The smallest absolute Gasteiger partial charge is 0.405 e. The van der Waals surface area contributed by atoms with E-state index in [1.54, 1.807) is 0 Å². The first kappa shape index (κ1) is 18.7. The summed E-state index contributed by atoms with van der Waals surface area (Å²) in [6.45, 7) is -2.57. The van der Waals surface area contributed by atoms with E-state index in [-0.39, 0.29) is 10.6 Å². The first-order valence-corrected chi connectivity index (χ1v) is 6.23. The highest BCUT2D eigenvalue weighted by Gasteiger charge is 2.28. The lowest BCUT2D eigenvalue weighted by Crippen LogP contribution is -2.44. The van der Waals surface area contributed by atoms with E-state index in [1.165, 1.54) is 10.6 Å². The van der Waals surface area contributed by atoms with Gasteiger partial charge >= 0.3 is 18.2 Å². The lowest BCUT2D eigenvalue weighted by atomic mass is 10.2. The summed E-state index contributed by atoms with van der Waals surface area (Å²) in [4.78, 5) is 33.8. The van der Waals surface area contributed by atoms with Gasteiger partial charge in [-0.15, -0.1) is 0 Å². The number of amides is 3. The van der Waals surface area contributed by atoms with E-state index >= 15 is 0 Å². The molecule has 23 heavy (non-hydrogen) atoms. The van der Waals surface area contributed by atoms with Gasteiger partial charge in [-0.2, -0.15) is 13.2 Å². The third-order valence-electron chi connectivity index (χ3n) is 2.19. The van der Waals surface area contributed by atoms with Crippen molar-refractivity contribution in [2.45, 2.75) is 6.18 Å². The van der Waals surface area contributed by atoms with Crippen LogP contribution in [0.3, 0.4) is 0 Å². The van der Waals surface area contributed by atoms with E-state index < -0.39 is 43.1 Å². The average Bonchev–Trinajstić information content (AvgIpc) is 2.42. The Balaban J connectivity index is 2.43. The Morgan fingerprint density at radius 2 is 1.87 bits per heavy atom. The van der Waals surface area contributed by atoms with E-state index in [1.807, 2.05) is 0 Å². The predicted molar refractivity (Wildman–Crippen MR) is 69.3 cm³/mol. The summed E-state index contributed by atoms with van der Waals surface area (Å²) in [6, 6.07) is 1.41. The van der Waals surface area contributed by atoms with Crippen LogP contribution in [0.2, 0.25) is 5.02 Å². The predicted octanol–water partition coefficient (Wildman–Crippen LogP) is 2.02. The summed E-state index contributed by atoms with van der Waals surface area (Å²) in [5, 5.41) is 2.66. The van der Waals surface area contributed by atoms with E-state index in [4.69, 9.17) is 11.6 Å². The number of nitrogens with one attached hydrogen (secondary N) is 2. The van der Waals surface area contributed by atoms with Crippen molar-refractivity contribution in [2.75, 3.05) is 13.2 Å². The first-order chi connectivity index (χ1) is 10.6. The molecule has 3 amide bonds. The second-order valence-electron chi connectivity index (χ2n) is 4.05. The SMILES string of the molecule is O=C(COC(=O)c1ccc(F)cc1Cl)NC(=O)NCC(F)(F)F. The molecule has 1 aromatic rings. The number of carbonyl (C=O) groups is 3. The van der Waals surface area contributed by atoms with Crippen LogP contribution < -0.4 is 10.6 Å². The van der Waals surface area contributed by atoms with E-state index in [2.05, 4.69) is 4.74 Å². The minimum Gasteiger partial charge on any atom is -0.452 e. The molecule has 0 bridgehead atoms. The molecule has 0 atom stereocenters. The summed E-state index contributed by atoms with van der Waals surface area (Å²) < 4.78 is 52.8. The number of hydrogen-bond acceptors (Lipinski definition) is 4. The molecule has 0 aliphatic rings. The second kappa shape index (κ2) is 7.77. The van der Waals surface area contributed by atoms with Crippen molar-refractivity contribution in [2.24, 2.45) is 0 Å². The van der Waals surface area contributed by atoms with Gasteiger partial charge in [-0.1, -0.05) is 11.6 Å². The Morgan fingerprint density at radius 1 is 1.22 bits per heavy atom. The van der Waals surface area contributed by atoms with Gasteiger partial charge in [0.15, 0.2) is 6.61 Å². The largest absolute Gasteiger partial charge is 0.452 e. The topological polar surface area (TPSA) is 84.5 Å². The van der Waals surface area contributed by atoms with Crippen molar-refractivity contribution >= 4 is 29.5 Å². The number of carbonyl (C=O) groups excluding carboxylic acids is 3. The normalized spacial score (nSPS) is 10.8. The van der Waals surface area contributed by atoms with Crippen LogP contribution in [0.15, 0.2) is 18.2 Å². The first-order valence-electron chi connectivity index (χ1n) is 5.85. The Hall–Kier alpha value is -2.36. The van der Waals surface area contributed by atoms with Crippen molar-refractivity contribution in [3.05, 3.63) is 34.6 Å². The molecule has 11 heteroatoms. The van der Waals surface area contributed by atoms with Crippen LogP contribution in [0.5, 0.6) is 0 Å². The number of imide groups is 1. The quantitative estimate of drug-likeness (QED) is 0.638. The second-order valence-corrected chi connectivity index (χ2v) is 4.45. The maximum absolute atomic E-state index is 12.8. The number of esters is 1. The van der Waals surface area contributed by atoms with Crippen molar-refractivity contribution in [1.29, 1.82) is 0 Å². The van der Waals surface area contributed by atoms with Crippen LogP contribution >= 0.6 is 11.6 Å². The van der Waals surface area contributed by atoms with E-state index in [0.29, 0.717) is 0 Å². The van der Waals surface area contributed by atoms with Gasteiger partial charge in [-0.3, -0.25) is 10.1 Å². The molecule has 0 heterocycles. The number of alkyl halides is 3. The van der Waals surface area contributed by atoms with Crippen LogP contribution in [0.25, 0.3) is 0 Å². The minimum absolute atomic E-state index is 0.220. The van der Waals surface area contributed by atoms with E-state index in [9.17, 15) is 31.9 Å². The van der Waals surface area contributed by atoms with Gasteiger partial charge in [0.1, 0.15) is 12.4 Å². The zero-order chi connectivity index (χ0) is 17.6. The van der Waals surface area contributed by atoms with Crippen molar-refractivity contribution in [3.63, 3.8) is 0 Å². The molecule has 1 aromatic carbocycles. The van der Waals surface area contributed by atoms with Crippen LogP contribution in [-0.2, 0) is 9.53 Å². The van der Waals surface area contributed by atoms with Crippen LogP contribution in [0.1, 0.15) is 10.4 Å². The maximum atomic E-state index is 12.8. The standard InChI is InChI=1S/C12H9ClF4N2O4/c13-8-3-6(14)1-2-7(8)10(21)23-4-9(20)19-11(22)18-5-12(15,16)17/h1-3H,4-5H2,(H2,18,19,20,22). The van der Waals surface area contributed by atoms with Crippen molar-refractivity contribution in [3.8, 4) is 0 Å². The molecule has 0 aromatic heterocycles. The number of rotatable bonds is 4.